The zero-order valence-corrected chi connectivity index (χ0v) is 17.8. The van der Waals surface area contributed by atoms with E-state index in [9.17, 15) is 0 Å². The first kappa shape index (κ1) is 20.9. The van der Waals surface area contributed by atoms with E-state index >= 15 is 0 Å². The van der Waals surface area contributed by atoms with Crippen molar-refractivity contribution in [2.45, 2.75) is 6.42 Å². The quantitative estimate of drug-likeness (QED) is 0.397. The van der Waals surface area contributed by atoms with E-state index in [2.05, 4.69) is 26.9 Å². The highest BCUT2D eigenvalue weighted by Gasteiger charge is 2.24. The molecule has 1 aromatic carbocycles. The summed E-state index contributed by atoms with van der Waals surface area (Å²) in [5.41, 5.74) is 7.25. The number of hydrogen-bond acceptors (Lipinski definition) is 5. The van der Waals surface area contributed by atoms with Gasteiger partial charge in [0.05, 0.1) is 27.4 Å². The van der Waals surface area contributed by atoms with Crippen LogP contribution in [0.2, 0.25) is 0 Å². The molecule has 7 nitrogen and oxygen atoms in total. The van der Waals surface area contributed by atoms with Crippen LogP contribution in [0.4, 0.5) is 5.69 Å². The van der Waals surface area contributed by atoms with Crippen LogP contribution in [0.3, 0.4) is 0 Å². The average molecular weight is 476 g/mol. The molecule has 146 valence electrons. The molecule has 1 unspecified atom stereocenters. The molecule has 0 spiro atoms. The second-order valence-corrected chi connectivity index (χ2v) is 6.47. The predicted octanol–water partition coefficient (Wildman–Crippen LogP) is 1.79. The standard InChI is InChI=1S/C18H28N4O3.HI/c1-23-16-9-15(10-17(11-16)24-2)22-4-3-14(13-22)12-20-18(19)21-5-7-25-8-6-21;/h9-11,14H,3-8,12-13H2,1-2H3,(H2,19,20);1H. The van der Waals surface area contributed by atoms with Gasteiger partial charge in [-0.25, -0.2) is 0 Å². The van der Waals surface area contributed by atoms with Gasteiger partial charge in [-0.1, -0.05) is 0 Å². The molecule has 0 radical (unpaired) electrons. The second kappa shape index (κ2) is 10.1. The Bertz CT molecular complexity index is 586. The van der Waals surface area contributed by atoms with Gasteiger partial charge in [-0.15, -0.1) is 24.0 Å². The summed E-state index contributed by atoms with van der Waals surface area (Å²) in [6, 6.07) is 6.00. The summed E-state index contributed by atoms with van der Waals surface area (Å²) in [7, 11) is 3.35. The van der Waals surface area contributed by atoms with Gasteiger partial charge in [0.25, 0.3) is 0 Å². The molecule has 2 heterocycles. The van der Waals surface area contributed by atoms with Crippen LogP contribution in [0.1, 0.15) is 6.42 Å². The molecule has 2 N–H and O–H groups in total. The van der Waals surface area contributed by atoms with Crippen molar-refractivity contribution in [1.29, 1.82) is 0 Å². The summed E-state index contributed by atoms with van der Waals surface area (Å²) in [6.07, 6.45) is 1.11. The molecular formula is C18H29IN4O3. The van der Waals surface area contributed by atoms with Crippen LogP contribution in [0, 0.1) is 5.92 Å². The zero-order valence-electron chi connectivity index (χ0n) is 15.5. The fourth-order valence-corrected chi connectivity index (χ4v) is 3.31. The molecule has 2 aliphatic heterocycles. The van der Waals surface area contributed by atoms with Gasteiger partial charge in [0, 0.05) is 56.6 Å². The lowest BCUT2D eigenvalue weighted by molar-refractivity contribution is 0.0674. The van der Waals surface area contributed by atoms with Gasteiger partial charge in [0.2, 0.25) is 0 Å². The minimum absolute atomic E-state index is 0. The van der Waals surface area contributed by atoms with Crippen molar-refractivity contribution in [1.82, 2.24) is 4.90 Å². The van der Waals surface area contributed by atoms with Crippen LogP contribution >= 0.6 is 24.0 Å². The molecule has 1 atom stereocenters. The third-order valence-corrected chi connectivity index (χ3v) is 4.83. The maximum Gasteiger partial charge on any atom is 0.191 e. The number of guanidine groups is 1. The number of morpholine rings is 1. The molecule has 2 aliphatic rings. The molecule has 2 saturated heterocycles. The Morgan fingerprint density at radius 1 is 1.15 bits per heavy atom. The summed E-state index contributed by atoms with van der Waals surface area (Å²) in [5, 5.41) is 0. The Morgan fingerprint density at radius 3 is 2.42 bits per heavy atom. The molecule has 0 bridgehead atoms. The number of hydrogen-bond donors (Lipinski definition) is 1. The van der Waals surface area contributed by atoms with E-state index in [-0.39, 0.29) is 24.0 Å². The molecule has 0 aromatic heterocycles. The monoisotopic (exact) mass is 476 g/mol. The van der Waals surface area contributed by atoms with E-state index in [1.807, 2.05) is 6.07 Å². The fraction of sp³-hybridized carbons (Fsp3) is 0.611. The Balaban J connectivity index is 0.00000243. The van der Waals surface area contributed by atoms with Crippen LogP contribution in [0.5, 0.6) is 11.5 Å². The molecule has 8 heteroatoms. The van der Waals surface area contributed by atoms with Gasteiger partial charge in [-0.2, -0.15) is 0 Å². The van der Waals surface area contributed by atoms with Crippen LogP contribution in [0.15, 0.2) is 23.2 Å². The molecule has 2 fully saturated rings. The minimum Gasteiger partial charge on any atom is -0.497 e. The maximum atomic E-state index is 6.12. The van der Waals surface area contributed by atoms with E-state index in [0.717, 1.165) is 69.5 Å². The molecular weight excluding hydrogens is 447 g/mol. The van der Waals surface area contributed by atoms with Crippen molar-refractivity contribution in [2.75, 3.05) is 65.1 Å². The summed E-state index contributed by atoms with van der Waals surface area (Å²) in [4.78, 5) is 9.07. The number of aliphatic imine (C=N–C) groups is 1. The van der Waals surface area contributed by atoms with Gasteiger partial charge < -0.3 is 29.7 Å². The molecule has 3 rings (SSSR count). The number of ether oxygens (including phenoxy) is 3. The minimum atomic E-state index is 0. The van der Waals surface area contributed by atoms with E-state index < -0.39 is 0 Å². The number of methoxy groups -OCH3 is 2. The van der Waals surface area contributed by atoms with E-state index in [4.69, 9.17) is 19.9 Å². The summed E-state index contributed by atoms with van der Waals surface area (Å²) in [6.45, 7) is 5.85. The molecule has 1 aromatic rings. The van der Waals surface area contributed by atoms with Crippen LogP contribution in [0.25, 0.3) is 0 Å². The smallest absolute Gasteiger partial charge is 0.191 e. The van der Waals surface area contributed by atoms with Crippen molar-refractivity contribution in [2.24, 2.45) is 16.6 Å². The Labute approximate surface area is 172 Å². The summed E-state index contributed by atoms with van der Waals surface area (Å²) >= 11 is 0. The Hall–Kier alpha value is -1.42. The average Bonchev–Trinajstić information content (AvgIpc) is 3.15. The lowest BCUT2D eigenvalue weighted by Crippen LogP contribution is -2.45. The predicted molar refractivity (Wildman–Crippen MR) is 114 cm³/mol. The highest BCUT2D eigenvalue weighted by Crippen LogP contribution is 2.31. The molecule has 0 amide bonds. The van der Waals surface area contributed by atoms with Crippen molar-refractivity contribution in [3.8, 4) is 11.5 Å². The van der Waals surface area contributed by atoms with E-state index in [1.54, 1.807) is 14.2 Å². The first-order valence-electron chi connectivity index (χ1n) is 8.80. The van der Waals surface area contributed by atoms with Gasteiger partial charge in [0.1, 0.15) is 11.5 Å². The molecule has 26 heavy (non-hydrogen) atoms. The van der Waals surface area contributed by atoms with Crippen molar-refractivity contribution in [3.63, 3.8) is 0 Å². The molecule has 0 aliphatic carbocycles. The van der Waals surface area contributed by atoms with E-state index in [1.165, 1.54) is 0 Å². The number of halogens is 1. The third-order valence-electron chi connectivity index (χ3n) is 4.83. The van der Waals surface area contributed by atoms with Gasteiger partial charge in [-0.05, 0) is 12.3 Å². The van der Waals surface area contributed by atoms with Crippen molar-refractivity contribution < 1.29 is 14.2 Å². The van der Waals surface area contributed by atoms with Gasteiger partial charge >= 0.3 is 0 Å². The lowest BCUT2D eigenvalue weighted by Gasteiger charge is -2.27. The number of anilines is 1. The highest BCUT2D eigenvalue weighted by atomic mass is 127. The van der Waals surface area contributed by atoms with Gasteiger partial charge in [-0.3, -0.25) is 4.99 Å². The number of nitrogens with zero attached hydrogens (tertiary/aromatic N) is 3. The maximum absolute atomic E-state index is 6.12. The van der Waals surface area contributed by atoms with Crippen LogP contribution in [-0.4, -0.2) is 71.0 Å². The largest absolute Gasteiger partial charge is 0.497 e. The van der Waals surface area contributed by atoms with Crippen molar-refractivity contribution >= 4 is 35.6 Å². The topological polar surface area (TPSA) is 72.5 Å². The highest BCUT2D eigenvalue weighted by molar-refractivity contribution is 14.0. The number of rotatable bonds is 5. The summed E-state index contributed by atoms with van der Waals surface area (Å²) in [5.74, 6) is 2.78. The molecule has 0 saturated carbocycles. The van der Waals surface area contributed by atoms with Crippen LogP contribution in [-0.2, 0) is 4.74 Å². The number of nitrogens with two attached hydrogens (primary N) is 1. The SMILES string of the molecule is COc1cc(OC)cc(N2CCC(CN=C(N)N3CCOCC3)C2)c1.I. The van der Waals surface area contributed by atoms with Gasteiger partial charge in [0.15, 0.2) is 5.96 Å². The first-order valence-corrected chi connectivity index (χ1v) is 8.80. The lowest BCUT2D eigenvalue weighted by atomic mass is 10.1. The van der Waals surface area contributed by atoms with Crippen LogP contribution < -0.4 is 20.1 Å². The number of benzene rings is 1. The van der Waals surface area contributed by atoms with Crippen molar-refractivity contribution in [3.05, 3.63) is 18.2 Å². The fourth-order valence-electron chi connectivity index (χ4n) is 3.31. The Morgan fingerprint density at radius 2 is 1.81 bits per heavy atom. The Kier molecular flexibility index (Phi) is 8.08. The second-order valence-electron chi connectivity index (χ2n) is 6.47. The summed E-state index contributed by atoms with van der Waals surface area (Å²) < 4.78 is 16.1. The van der Waals surface area contributed by atoms with E-state index in [0.29, 0.717) is 11.9 Å². The first-order chi connectivity index (χ1) is 12.2. The zero-order chi connectivity index (χ0) is 17.6. The normalized spacial score (nSPS) is 20.7. The third kappa shape index (κ3) is 5.29.